The fourth-order valence-electron chi connectivity index (χ4n) is 3.31. The third-order valence-corrected chi connectivity index (χ3v) is 4.46. The quantitative estimate of drug-likeness (QED) is 0.600. The largest absolute Gasteiger partial charge is 0.300 e. The van der Waals surface area contributed by atoms with E-state index in [2.05, 4.69) is 11.9 Å². The maximum Gasteiger partial charge on any atom is 0.188 e. The maximum absolute atomic E-state index is 13.6. The molecule has 0 N–H and O–H groups in total. The topological polar surface area (TPSA) is 20.3 Å². The number of carbonyl (C=O) groups is 1. The van der Waals surface area contributed by atoms with Crippen molar-refractivity contribution in [3.63, 3.8) is 0 Å². The summed E-state index contributed by atoms with van der Waals surface area (Å²) in [7, 11) is 2.16. The predicted molar refractivity (Wildman–Crippen MR) is 72.6 cm³/mol. The van der Waals surface area contributed by atoms with E-state index in [9.17, 15) is 9.18 Å². The zero-order valence-corrected chi connectivity index (χ0v) is 11.1. The van der Waals surface area contributed by atoms with Gasteiger partial charge in [0.2, 0.25) is 0 Å². The van der Waals surface area contributed by atoms with Crippen LogP contribution in [-0.2, 0) is 0 Å². The summed E-state index contributed by atoms with van der Waals surface area (Å²) in [6, 6.07) is 7.33. The second kappa shape index (κ2) is 4.89. The Morgan fingerprint density at radius 2 is 1.89 bits per heavy atom. The van der Waals surface area contributed by atoms with Crippen LogP contribution in [0.25, 0.3) is 0 Å². The summed E-state index contributed by atoms with van der Waals surface area (Å²) in [6.07, 6.45) is 6.00. The number of hydrogen-bond acceptors (Lipinski definition) is 2. The highest BCUT2D eigenvalue weighted by atomic mass is 19.1. The van der Waals surface area contributed by atoms with Crippen LogP contribution in [0.4, 0.5) is 4.39 Å². The Hall–Kier alpha value is -1.48. The number of ketones is 1. The van der Waals surface area contributed by atoms with Crippen LogP contribution in [0.1, 0.15) is 36.0 Å². The van der Waals surface area contributed by atoms with Crippen molar-refractivity contribution in [2.45, 2.75) is 37.8 Å². The molecular formula is C16H18FNO. The van der Waals surface area contributed by atoms with Gasteiger partial charge in [-0.25, -0.2) is 4.39 Å². The Morgan fingerprint density at radius 1 is 1.26 bits per heavy atom. The molecule has 2 aliphatic rings. The summed E-state index contributed by atoms with van der Waals surface area (Å²) < 4.78 is 13.6. The summed E-state index contributed by atoms with van der Waals surface area (Å²) in [4.78, 5) is 14.5. The molecule has 0 radical (unpaired) electrons. The first-order valence-corrected chi connectivity index (χ1v) is 6.85. The van der Waals surface area contributed by atoms with Crippen molar-refractivity contribution in [3.8, 4) is 0 Å². The molecule has 2 atom stereocenters. The van der Waals surface area contributed by atoms with E-state index < -0.39 is 5.82 Å². The minimum Gasteiger partial charge on any atom is -0.300 e. The Balaban J connectivity index is 1.80. The van der Waals surface area contributed by atoms with Gasteiger partial charge in [-0.3, -0.25) is 9.69 Å². The van der Waals surface area contributed by atoms with Gasteiger partial charge in [0.05, 0.1) is 5.56 Å². The van der Waals surface area contributed by atoms with Gasteiger partial charge < -0.3 is 0 Å². The van der Waals surface area contributed by atoms with Crippen molar-refractivity contribution in [2.75, 3.05) is 7.05 Å². The molecule has 0 spiro atoms. The fraction of sp³-hybridized carbons (Fsp3) is 0.438. The van der Waals surface area contributed by atoms with Gasteiger partial charge in [0, 0.05) is 12.1 Å². The first-order chi connectivity index (χ1) is 9.15. The third-order valence-electron chi connectivity index (χ3n) is 4.46. The average Bonchev–Trinajstić information content (AvgIpc) is 2.63. The molecule has 3 heteroatoms. The molecule has 2 nitrogen and oxygen atoms in total. The lowest BCUT2D eigenvalue weighted by molar-refractivity contribution is 0.104. The number of allylic oxidation sites excluding steroid dienone is 1. The van der Waals surface area contributed by atoms with Crippen LogP contribution < -0.4 is 0 Å². The molecule has 3 rings (SSSR count). The molecule has 1 aromatic carbocycles. The molecule has 100 valence electrons. The van der Waals surface area contributed by atoms with Crippen LogP contribution in [0.15, 0.2) is 35.9 Å². The molecule has 0 saturated carbocycles. The molecule has 0 amide bonds. The number of benzene rings is 1. The summed E-state index contributed by atoms with van der Waals surface area (Å²) in [5.41, 5.74) is 1.36. The summed E-state index contributed by atoms with van der Waals surface area (Å²) in [6.45, 7) is 0. The van der Waals surface area contributed by atoms with Crippen LogP contribution in [0.3, 0.4) is 0 Å². The standard InChI is InChI=1S/C16H18FNO/c1-18-12-6-7-13(18)9-11(8-12)10-16(19)14-4-2-3-5-15(14)17/h2-5,10,12-13H,6-9H2,1H3. The molecular weight excluding hydrogens is 241 g/mol. The first-order valence-electron chi connectivity index (χ1n) is 6.85. The molecule has 2 unspecified atom stereocenters. The molecule has 2 fully saturated rings. The Bertz CT molecular complexity index is 521. The lowest BCUT2D eigenvalue weighted by Crippen LogP contribution is -2.37. The normalized spacial score (nSPS) is 26.5. The fourth-order valence-corrected chi connectivity index (χ4v) is 3.31. The average molecular weight is 259 g/mol. The van der Waals surface area contributed by atoms with Crippen molar-refractivity contribution in [1.29, 1.82) is 0 Å². The number of fused-ring (bicyclic) bond motifs is 2. The number of halogens is 1. The van der Waals surface area contributed by atoms with Gasteiger partial charge in [-0.2, -0.15) is 0 Å². The van der Waals surface area contributed by atoms with Crippen LogP contribution in [0.2, 0.25) is 0 Å². The van der Waals surface area contributed by atoms with E-state index in [0.717, 1.165) is 12.8 Å². The number of carbonyl (C=O) groups excluding carboxylic acids is 1. The highest BCUT2D eigenvalue weighted by Gasteiger charge is 2.35. The Kier molecular flexibility index (Phi) is 3.23. The van der Waals surface area contributed by atoms with Crippen LogP contribution >= 0.6 is 0 Å². The smallest absolute Gasteiger partial charge is 0.188 e. The Labute approximate surface area is 112 Å². The van der Waals surface area contributed by atoms with Crippen LogP contribution in [0.5, 0.6) is 0 Å². The van der Waals surface area contributed by atoms with E-state index in [0.29, 0.717) is 12.1 Å². The van der Waals surface area contributed by atoms with Gasteiger partial charge in [0.15, 0.2) is 5.78 Å². The monoisotopic (exact) mass is 259 g/mol. The summed E-state index contributed by atoms with van der Waals surface area (Å²) in [5.74, 6) is -0.627. The van der Waals surface area contributed by atoms with Gasteiger partial charge in [0.25, 0.3) is 0 Å². The van der Waals surface area contributed by atoms with Gasteiger partial charge in [0.1, 0.15) is 5.82 Å². The molecule has 2 aliphatic heterocycles. The van der Waals surface area contributed by atoms with Gasteiger partial charge in [-0.15, -0.1) is 0 Å². The lowest BCUT2D eigenvalue weighted by Gasteiger charge is -2.32. The summed E-state index contributed by atoms with van der Waals surface area (Å²) in [5, 5.41) is 0. The molecule has 0 aliphatic carbocycles. The molecule has 2 bridgehead atoms. The van der Waals surface area contributed by atoms with Crippen molar-refractivity contribution in [1.82, 2.24) is 4.90 Å². The second-order valence-electron chi connectivity index (χ2n) is 5.61. The molecule has 19 heavy (non-hydrogen) atoms. The SMILES string of the molecule is CN1C2CCC1CC(=CC(=O)c1ccccc1F)C2. The van der Waals surface area contributed by atoms with Gasteiger partial charge >= 0.3 is 0 Å². The van der Waals surface area contributed by atoms with Crippen LogP contribution in [0, 0.1) is 5.82 Å². The van der Waals surface area contributed by atoms with E-state index in [1.54, 1.807) is 24.3 Å². The van der Waals surface area contributed by atoms with Crippen molar-refractivity contribution >= 4 is 5.78 Å². The van der Waals surface area contributed by atoms with E-state index >= 15 is 0 Å². The zero-order valence-electron chi connectivity index (χ0n) is 11.1. The third kappa shape index (κ3) is 2.35. The number of nitrogens with zero attached hydrogens (tertiary/aromatic N) is 1. The van der Waals surface area contributed by atoms with E-state index in [-0.39, 0.29) is 11.3 Å². The lowest BCUT2D eigenvalue weighted by atomic mass is 9.95. The zero-order chi connectivity index (χ0) is 13.4. The highest BCUT2D eigenvalue weighted by Crippen LogP contribution is 2.37. The highest BCUT2D eigenvalue weighted by molar-refractivity contribution is 6.05. The van der Waals surface area contributed by atoms with Gasteiger partial charge in [-0.1, -0.05) is 17.7 Å². The molecule has 2 heterocycles. The van der Waals surface area contributed by atoms with Crippen molar-refractivity contribution < 1.29 is 9.18 Å². The van der Waals surface area contributed by atoms with Crippen molar-refractivity contribution in [3.05, 3.63) is 47.3 Å². The van der Waals surface area contributed by atoms with Crippen molar-refractivity contribution in [2.24, 2.45) is 0 Å². The maximum atomic E-state index is 13.6. The number of hydrogen-bond donors (Lipinski definition) is 0. The number of rotatable bonds is 2. The summed E-state index contributed by atoms with van der Waals surface area (Å²) >= 11 is 0. The minimum atomic E-state index is -0.430. The Morgan fingerprint density at radius 3 is 2.53 bits per heavy atom. The first kappa shape index (κ1) is 12.5. The molecule has 2 saturated heterocycles. The minimum absolute atomic E-state index is 0.182. The van der Waals surface area contributed by atoms with Gasteiger partial charge in [-0.05, 0) is 50.9 Å². The van der Waals surface area contributed by atoms with E-state index in [4.69, 9.17) is 0 Å². The molecule has 1 aromatic rings. The second-order valence-corrected chi connectivity index (χ2v) is 5.61. The van der Waals surface area contributed by atoms with E-state index in [1.807, 2.05) is 0 Å². The van der Waals surface area contributed by atoms with E-state index in [1.165, 1.54) is 24.5 Å². The predicted octanol–water partition coefficient (Wildman–Crippen LogP) is 3.19. The molecule has 0 aromatic heterocycles. The number of piperidine rings is 1. The van der Waals surface area contributed by atoms with Crippen LogP contribution in [-0.4, -0.2) is 29.8 Å².